The van der Waals surface area contributed by atoms with Crippen molar-refractivity contribution in [1.82, 2.24) is 29.9 Å². The predicted molar refractivity (Wildman–Crippen MR) is 183 cm³/mol. The van der Waals surface area contributed by atoms with E-state index in [1.54, 1.807) is 12.1 Å². The predicted octanol–water partition coefficient (Wildman–Crippen LogP) is 3.10. The summed E-state index contributed by atoms with van der Waals surface area (Å²) < 4.78 is 86.6. The summed E-state index contributed by atoms with van der Waals surface area (Å²) in [6.07, 6.45) is 2.43. The molecule has 0 spiro atoms. The molecule has 0 saturated heterocycles. The van der Waals surface area contributed by atoms with E-state index in [1.165, 1.54) is 57.7 Å². The van der Waals surface area contributed by atoms with Crippen LogP contribution < -0.4 is 30.2 Å². The summed E-state index contributed by atoms with van der Waals surface area (Å²) in [7, 11) is -5.85. The van der Waals surface area contributed by atoms with Gasteiger partial charge in [0.25, 0.3) is 10.1 Å². The molecule has 0 aliphatic rings. The summed E-state index contributed by atoms with van der Waals surface area (Å²) in [5.41, 5.74) is 0.857. The van der Waals surface area contributed by atoms with E-state index in [4.69, 9.17) is 14.2 Å². The van der Waals surface area contributed by atoms with Gasteiger partial charge in [-0.25, -0.2) is 8.42 Å². The van der Waals surface area contributed by atoms with E-state index in [2.05, 4.69) is 45.9 Å². The molecular formula is C29H28N9NaO9S2. The Labute approximate surface area is 309 Å². The van der Waals surface area contributed by atoms with Crippen LogP contribution in [-0.2, 0) is 20.2 Å². The second-order valence-corrected chi connectivity index (χ2v) is 12.3. The molecule has 21 heteroatoms. The third-order valence-electron chi connectivity index (χ3n) is 6.32. The molecule has 50 heavy (non-hydrogen) atoms. The number of benzene rings is 3. The molecule has 0 aliphatic carbocycles. The van der Waals surface area contributed by atoms with Gasteiger partial charge in [0.2, 0.25) is 17.8 Å². The molecule has 5 aromatic rings. The van der Waals surface area contributed by atoms with Gasteiger partial charge < -0.3 is 34.7 Å². The Kier molecular flexibility index (Phi) is 12.2. The standard InChI is InChI=1S/C29H27N9O9S2.Na.H/c1-45-27-34-24(30-19-7-5-4-6-8-19)33-25(35-27)31-20-13-11-17(22(15-20)48(39,40)41)9-10-18-12-14-21(16-23(18)49(42,43)44)32-26-36-28(46-2)38-29(37-26)47-3;;/h4-16H,1-3H3,(H,39,40,41)(H,42,43,44)(H,32,36,37,38)(H2,30,31,33,34,35);;. The van der Waals surface area contributed by atoms with Crippen LogP contribution in [0.15, 0.2) is 76.5 Å². The normalized spacial score (nSPS) is 11.4. The molecule has 0 radical (unpaired) electrons. The van der Waals surface area contributed by atoms with E-state index in [0.717, 1.165) is 12.1 Å². The van der Waals surface area contributed by atoms with Crippen LogP contribution >= 0.6 is 0 Å². The first-order chi connectivity index (χ1) is 23.3. The monoisotopic (exact) mass is 733 g/mol. The van der Waals surface area contributed by atoms with Gasteiger partial charge in [0.15, 0.2) is 0 Å². The van der Waals surface area contributed by atoms with Crippen molar-refractivity contribution in [2.24, 2.45) is 0 Å². The zero-order valence-corrected chi connectivity index (χ0v) is 27.4. The molecule has 0 fully saturated rings. The zero-order chi connectivity index (χ0) is 35.2. The summed E-state index contributed by atoms with van der Waals surface area (Å²) in [6, 6.07) is 16.5. The van der Waals surface area contributed by atoms with Gasteiger partial charge in [0.1, 0.15) is 15.0 Å². The number of hydrogen-bond donors (Lipinski definition) is 4. The summed E-state index contributed by atoms with van der Waals surface area (Å²) in [5.74, 6) is 0.0585. The third-order valence-corrected chi connectivity index (χ3v) is 8.12. The first-order valence-electron chi connectivity index (χ1n) is 13.7. The van der Waals surface area contributed by atoms with Crippen molar-refractivity contribution >= 4 is 96.9 Å². The third kappa shape index (κ3) is 9.81. The number of methoxy groups -OCH3 is 3. The molecule has 18 nitrogen and oxygen atoms in total. The first-order valence-corrected chi connectivity index (χ1v) is 16.6. The van der Waals surface area contributed by atoms with Gasteiger partial charge >= 0.3 is 49.0 Å². The molecule has 0 aliphatic heterocycles. The Morgan fingerprint density at radius 1 is 0.620 bits per heavy atom. The van der Waals surface area contributed by atoms with Crippen molar-refractivity contribution in [2.45, 2.75) is 9.79 Å². The fraction of sp³-hybridized carbons (Fsp3) is 0.103. The molecule has 2 aromatic heterocycles. The van der Waals surface area contributed by atoms with Crippen molar-refractivity contribution in [3.05, 3.63) is 77.9 Å². The molecule has 3 aromatic carbocycles. The number of hydrogen-bond acceptors (Lipinski definition) is 17. The summed E-state index contributed by atoms with van der Waals surface area (Å²) in [5, 5.41) is 8.60. The van der Waals surface area contributed by atoms with E-state index in [9.17, 15) is 25.9 Å². The average Bonchev–Trinajstić information content (AvgIpc) is 3.07. The second-order valence-electron chi connectivity index (χ2n) is 9.61. The number of nitrogens with zero attached hydrogens (tertiary/aromatic N) is 6. The van der Waals surface area contributed by atoms with Crippen LogP contribution in [0.5, 0.6) is 18.0 Å². The Hall–Kier alpha value is -4.96. The molecule has 0 bridgehead atoms. The van der Waals surface area contributed by atoms with Gasteiger partial charge in [0, 0.05) is 17.1 Å². The molecule has 256 valence electrons. The Morgan fingerprint density at radius 3 is 1.50 bits per heavy atom. The van der Waals surface area contributed by atoms with Crippen LogP contribution in [0.1, 0.15) is 12.6 Å². The van der Waals surface area contributed by atoms with Crippen LogP contribution in [0.4, 0.5) is 34.9 Å². The Balaban J connectivity index is 0.00000351. The number of aromatic nitrogens is 6. The molecular weight excluding hydrogens is 705 g/mol. The second kappa shape index (κ2) is 16.2. The van der Waals surface area contributed by atoms with Gasteiger partial charge in [0.05, 0.1) is 26.2 Å². The number of nitrogens with one attached hydrogen (secondary N) is 3. The molecule has 0 saturated carbocycles. The average molecular weight is 734 g/mol. The summed E-state index contributed by atoms with van der Waals surface area (Å²) in [6.45, 7) is 0. The summed E-state index contributed by atoms with van der Waals surface area (Å²) in [4.78, 5) is 23.2. The topological polar surface area (TPSA) is 253 Å². The fourth-order valence-corrected chi connectivity index (χ4v) is 5.57. The number of para-hydroxylation sites is 1. The number of anilines is 6. The zero-order valence-electron chi connectivity index (χ0n) is 26.7. The van der Waals surface area contributed by atoms with Gasteiger partial charge in [-0.2, -0.15) is 33.3 Å². The number of rotatable bonds is 13. The first kappa shape index (κ1) is 37.9. The van der Waals surface area contributed by atoms with Crippen LogP contribution in [-0.4, -0.2) is 107 Å². The molecule has 5 rings (SSSR count). The van der Waals surface area contributed by atoms with Crippen molar-refractivity contribution in [2.75, 3.05) is 37.3 Å². The SMILES string of the molecule is COc1nc(Nc2ccccc2)nc(Nc2ccc(C=Cc3ccc(Nc4nc(OC)nc(OC)n4)cc3S(=O)(=O)[O-])c(S(=O)(=O)O)c2)n1.[H+].[NaH]. The van der Waals surface area contributed by atoms with Crippen molar-refractivity contribution in [1.29, 1.82) is 0 Å². The minimum absolute atomic E-state index is 0. The van der Waals surface area contributed by atoms with Crippen LogP contribution in [0.25, 0.3) is 12.2 Å². The van der Waals surface area contributed by atoms with Crippen LogP contribution in [0, 0.1) is 0 Å². The van der Waals surface area contributed by atoms with E-state index < -0.39 is 30.0 Å². The van der Waals surface area contributed by atoms with Gasteiger partial charge in [-0.3, -0.25) is 4.55 Å². The molecule has 0 unspecified atom stereocenters. The quantitative estimate of drug-likeness (QED) is 0.0770. The molecule has 4 N–H and O–H groups in total. The van der Waals surface area contributed by atoms with E-state index in [0.29, 0.717) is 5.69 Å². The van der Waals surface area contributed by atoms with Crippen LogP contribution in [0.3, 0.4) is 0 Å². The molecule has 0 amide bonds. The van der Waals surface area contributed by atoms with E-state index >= 15 is 0 Å². The Bertz CT molecular complexity index is 2230. The van der Waals surface area contributed by atoms with E-state index in [1.807, 2.05) is 18.2 Å². The van der Waals surface area contributed by atoms with Gasteiger partial charge in [-0.05, 0) is 47.5 Å². The minimum atomic E-state index is -5.04. The van der Waals surface area contributed by atoms with Crippen molar-refractivity contribution in [3.8, 4) is 18.0 Å². The van der Waals surface area contributed by atoms with Crippen LogP contribution in [0.2, 0.25) is 0 Å². The molecule has 2 heterocycles. The maximum absolute atomic E-state index is 12.4. The maximum atomic E-state index is 12.4. The number of ether oxygens (including phenoxy) is 3. The van der Waals surface area contributed by atoms with E-state index in [-0.39, 0.29) is 89.4 Å². The fourth-order valence-electron chi connectivity index (χ4n) is 4.16. The summed E-state index contributed by atoms with van der Waals surface area (Å²) >= 11 is 0. The van der Waals surface area contributed by atoms with Gasteiger partial charge in [-0.15, -0.1) is 4.98 Å². The van der Waals surface area contributed by atoms with Gasteiger partial charge in [-0.1, -0.05) is 42.5 Å². The van der Waals surface area contributed by atoms with Crippen molar-refractivity contribution in [3.63, 3.8) is 0 Å². The van der Waals surface area contributed by atoms with Crippen molar-refractivity contribution < 1.29 is 41.6 Å². The Morgan fingerprint density at radius 2 is 1.04 bits per heavy atom. The molecule has 0 atom stereocenters.